The SMILES string of the molecule is O=C(Nc1ncc(Cc2ccc(Br)cc2)s1)c1cnc2ccccc2n1. The van der Waals surface area contributed by atoms with Gasteiger partial charge in [0.25, 0.3) is 5.91 Å². The lowest BCUT2D eigenvalue weighted by Crippen LogP contribution is -2.13. The van der Waals surface area contributed by atoms with Gasteiger partial charge in [-0.25, -0.2) is 9.97 Å². The number of fused-ring (bicyclic) bond motifs is 1. The Morgan fingerprint density at radius 3 is 2.58 bits per heavy atom. The van der Waals surface area contributed by atoms with E-state index in [2.05, 4.69) is 48.3 Å². The van der Waals surface area contributed by atoms with Crippen molar-refractivity contribution in [2.75, 3.05) is 5.32 Å². The Morgan fingerprint density at radius 2 is 1.77 bits per heavy atom. The van der Waals surface area contributed by atoms with Crippen LogP contribution in [0.3, 0.4) is 0 Å². The number of para-hydroxylation sites is 2. The molecule has 7 heteroatoms. The molecule has 0 saturated carbocycles. The lowest BCUT2D eigenvalue weighted by molar-refractivity contribution is 0.102. The van der Waals surface area contributed by atoms with Gasteiger partial charge in [-0.05, 0) is 29.8 Å². The highest BCUT2D eigenvalue weighted by atomic mass is 79.9. The van der Waals surface area contributed by atoms with Gasteiger partial charge in [-0.3, -0.25) is 15.1 Å². The molecule has 0 aliphatic heterocycles. The quantitative estimate of drug-likeness (QED) is 0.515. The second-order valence-electron chi connectivity index (χ2n) is 5.63. The Kier molecular flexibility index (Phi) is 4.73. The molecule has 0 unspecified atom stereocenters. The monoisotopic (exact) mass is 424 g/mol. The number of benzene rings is 2. The Labute approximate surface area is 162 Å². The van der Waals surface area contributed by atoms with Gasteiger partial charge in [0.05, 0.1) is 17.2 Å². The van der Waals surface area contributed by atoms with Gasteiger partial charge in [-0.1, -0.05) is 40.2 Å². The van der Waals surface area contributed by atoms with Gasteiger partial charge >= 0.3 is 0 Å². The van der Waals surface area contributed by atoms with E-state index in [1.165, 1.54) is 23.1 Å². The third kappa shape index (κ3) is 3.79. The summed E-state index contributed by atoms with van der Waals surface area (Å²) in [5.41, 5.74) is 2.91. The van der Waals surface area contributed by atoms with E-state index in [0.717, 1.165) is 21.3 Å². The molecular weight excluding hydrogens is 412 g/mol. The van der Waals surface area contributed by atoms with Crippen molar-refractivity contribution in [2.24, 2.45) is 0 Å². The van der Waals surface area contributed by atoms with Crippen molar-refractivity contribution >= 4 is 49.3 Å². The number of aromatic nitrogens is 3. The maximum Gasteiger partial charge on any atom is 0.277 e. The van der Waals surface area contributed by atoms with Crippen LogP contribution in [-0.2, 0) is 6.42 Å². The number of halogens is 1. The zero-order valence-electron chi connectivity index (χ0n) is 13.5. The van der Waals surface area contributed by atoms with Crippen molar-refractivity contribution in [2.45, 2.75) is 6.42 Å². The molecule has 0 atom stereocenters. The average Bonchev–Trinajstić information content (AvgIpc) is 3.10. The van der Waals surface area contributed by atoms with Crippen molar-refractivity contribution in [3.8, 4) is 0 Å². The van der Waals surface area contributed by atoms with Crippen molar-refractivity contribution in [3.05, 3.63) is 81.5 Å². The normalized spacial score (nSPS) is 10.8. The molecule has 5 nitrogen and oxygen atoms in total. The van der Waals surface area contributed by atoms with Gasteiger partial charge in [0.1, 0.15) is 5.69 Å². The maximum absolute atomic E-state index is 12.4. The number of amides is 1. The molecule has 0 bridgehead atoms. The maximum atomic E-state index is 12.4. The van der Waals surface area contributed by atoms with Gasteiger partial charge in [0.15, 0.2) is 5.13 Å². The molecule has 0 aliphatic rings. The van der Waals surface area contributed by atoms with E-state index in [-0.39, 0.29) is 11.6 Å². The predicted molar refractivity (Wildman–Crippen MR) is 107 cm³/mol. The number of rotatable bonds is 4. The lowest BCUT2D eigenvalue weighted by Gasteiger charge is -2.02. The zero-order valence-corrected chi connectivity index (χ0v) is 15.9. The molecule has 1 N–H and O–H groups in total. The van der Waals surface area contributed by atoms with E-state index in [1.54, 1.807) is 6.20 Å². The van der Waals surface area contributed by atoms with E-state index < -0.39 is 0 Å². The Bertz CT molecular complexity index is 1080. The van der Waals surface area contributed by atoms with Crippen LogP contribution >= 0.6 is 27.3 Å². The topological polar surface area (TPSA) is 67.8 Å². The number of nitrogens with one attached hydrogen (secondary N) is 1. The first-order chi connectivity index (χ1) is 12.7. The summed E-state index contributed by atoms with van der Waals surface area (Å²) < 4.78 is 1.05. The second-order valence-corrected chi connectivity index (χ2v) is 7.66. The van der Waals surface area contributed by atoms with Crippen molar-refractivity contribution in [1.29, 1.82) is 0 Å². The summed E-state index contributed by atoms with van der Waals surface area (Å²) in [6.07, 6.45) is 4.04. The minimum atomic E-state index is -0.312. The summed E-state index contributed by atoms with van der Waals surface area (Å²) >= 11 is 4.89. The molecule has 2 heterocycles. The standard InChI is InChI=1S/C19H13BrN4OS/c20-13-7-5-12(6-8-13)9-14-10-22-19(26-14)24-18(25)17-11-21-15-3-1-2-4-16(15)23-17/h1-8,10-11H,9H2,(H,22,24,25). The molecule has 0 spiro atoms. The summed E-state index contributed by atoms with van der Waals surface area (Å²) in [5, 5.41) is 3.35. The summed E-state index contributed by atoms with van der Waals surface area (Å²) in [6, 6.07) is 15.6. The van der Waals surface area contributed by atoms with Gasteiger partial charge in [-0.2, -0.15) is 0 Å². The number of hydrogen-bond donors (Lipinski definition) is 1. The van der Waals surface area contributed by atoms with Gasteiger partial charge < -0.3 is 0 Å². The zero-order chi connectivity index (χ0) is 17.9. The minimum absolute atomic E-state index is 0.272. The van der Waals surface area contributed by atoms with Crippen LogP contribution < -0.4 is 5.32 Å². The molecule has 0 aliphatic carbocycles. The first kappa shape index (κ1) is 16.8. The Morgan fingerprint density at radius 1 is 1.00 bits per heavy atom. The highest BCUT2D eigenvalue weighted by Gasteiger charge is 2.12. The van der Waals surface area contributed by atoms with Crippen molar-refractivity contribution in [1.82, 2.24) is 15.0 Å². The van der Waals surface area contributed by atoms with Crippen LogP contribution in [0.25, 0.3) is 11.0 Å². The molecule has 26 heavy (non-hydrogen) atoms. The number of carbonyl (C=O) groups excluding carboxylic acids is 1. The van der Waals surface area contributed by atoms with Gasteiger partial charge in [0, 0.05) is 22.0 Å². The van der Waals surface area contributed by atoms with Gasteiger partial charge in [-0.15, -0.1) is 11.3 Å². The molecule has 0 fully saturated rings. The number of hydrogen-bond acceptors (Lipinski definition) is 5. The molecule has 0 radical (unpaired) electrons. The van der Waals surface area contributed by atoms with Crippen molar-refractivity contribution < 1.29 is 4.79 Å². The summed E-state index contributed by atoms with van der Waals surface area (Å²) in [7, 11) is 0. The first-order valence-corrected chi connectivity index (χ1v) is 9.50. The Hall–Kier alpha value is -2.64. The smallest absolute Gasteiger partial charge is 0.277 e. The first-order valence-electron chi connectivity index (χ1n) is 7.90. The summed E-state index contributed by atoms with van der Waals surface area (Å²) in [5.74, 6) is -0.312. The number of thiazole rings is 1. The van der Waals surface area contributed by atoms with E-state index in [0.29, 0.717) is 10.6 Å². The Balaban J connectivity index is 1.47. The molecule has 128 valence electrons. The van der Waals surface area contributed by atoms with Gasteiger partial charge in [0.2, 0.25) is 0 Å². The van der Waals surface area contributed by atoms with Crippen LogP contribution in [-0.4, -0.2) is 20.9 Å². The van der Waals surface area contributed by atoms with E-state index in [1.807, 2.05) is 36.4 Å². The van der Waals surface area contributed by atoms with E-state index in [9.17, 15) is 4.79 Å². The average molecular weight is 425 g/mol. The fraction of sp³-hybridized carbons (Fsp3) is 0.0526. The third-order valence-electron chi connectivity index (χ3n) is 3.75. The molecule has 0 saturated heterocycles. The largest absolute Gasteiger partial charge is 0.296 e. The van der Waals surface area contributed by atoms with Crippen LogP contribution in [0.2, 0.25) is 0 Å². The number of anilines is 1. The molecule has 2 aromatic heterocycles. The highest BCUT2D eigenvalue weighted by molar-refractivity contribution is 9.10. The molecule has 4 rings (SSSR count). The second kappa shape index (κ2) is 7.31. The van der Waals surface area contributed by atoms with Crippen LogP contribution in [0, 0.1) is 0 Å². The van der Waals surface area contributed by atoms with Crippen LogP contribution in [0.4, 0.5) is 5.13 Å². The molecule has 4 aromatic rings. The third-order valence-corrected chi connectivity index (χ3v) is 5.19. The summed E-state index contributed by atoms with van der Waals surface area (Å²) in [4.78, 5) is 26.4. The van der Waals surface area contributed by atoms with Crippen LogP contribution in [0.5, 0.6) is 0 Å². The fourth-order valence-electron chi connectivity index (χ4n) is 2.48. The van der Waals surface area contributed by atoms with E-state index >= 15 is 0 Å². The summed E-state index contributed by atoms with van der Waals surface area (Å²) in [6.45, 7) is 0. The van der Waals surface area contributed by atoms with E-state index in [4.69, 9.17) is 0 Å². The minimum Gasteiger partial charge on any atom is -0.296 e. The fourth-order valence-corrected chi connectivity index (χ4v) is 3.58. The highest BCUT2D eigenvalue weighted by Crippen LogP contribution is 2.22. The van der Waals surface area contributed by atoms with Crippen molar-refractivity contribution in [3.63, 3.8) is 0 Å². The van der Waals surface area contributed by atoms with Crippen LogP contribution in [0.1, 0.15) is 20.9 Å². The van der Waals surface area contributed by atoms with Crippen LogP contribution in [0.15, 0.2) is 65.4 Å². The number of carbonyl (C=O) groups is 1. The predicted octanol–water partition coefficient (Wildman–Crippen LogP) is 4.69. The lowest BCUT2D eigenvalue weighted by atomic mass is 10.1. The number of nitrogens with zero attached hydrogens (tertiary/aromatic N) is 3. The molecule has 1 amide bonds. The molecule has 2 aromatic carbocycles. The molecular formula is C19H13BrN4OS.